The molecule has 3 rings (SSSR count). The quantitative estimate of drug-likeness (QED) is 0.625. The number of amides is 2. The lowest BCUT2D eigenvalue weighted by Crippen LogP contribution is -2.29. The average molecular weight is 323 g/mol. The Labute approximate surface area is 128 Å². The van der Waals surface area contributed by atoms with Crippen molar-refractivity contribution in [3.8, 4) is 0 Å². The van der Waals surface area contributed by atoms with Crippen molar-refractivity contribution in [2.45, 2.75) is 12.7 Å². The van der Waals surface area contributed by atoms with Gasteiger partial charge in [-0.1, -0.05) is 12.1 Å². The van der Waals surface area contributed by atoms with Crippen molar-refractivity contribution in [1.29, 1.82) is 0 Å². The van der Waals surface area contributed by atoms with E-state index in [4.69, 9.17) is 0 Å². The predicted octanol–water partition coefficient (Wildman–Crippen LogP) is 3.64. The third-order valence-electron chi connectivity index (χ3n) is 3.58. The number of nitrogens with zero attached hydrogens (tertiary/aromatic N) is 1. The summed E-state index contributed by atoms with van der Waals surface area (Å²) in [5, 5.41) is 0. The second-order valence-corrected chi connectivity index (χ2v) is 5.05. The van der Waals surface area contributed by atoms with Crippen molar-refractivity contribution in [1.82, 2.24) is 4.90 Å². The minimum atomic E-state index is -4.63. The van der Waals surface area contributed by atoms with Crippen LogP contribution in [0.5, 0.6) is 0 Å². The molecule has 118 valence electrons. The second-order valence-electron chi connectivity index (χ2n) is 5.05. The first kappa shape index (κ1) is 15.2. The number of carbonyl (C=O) groups excluding carboxylic acids is 2. The maximum Gasteiger partial charge on any atom is 0.416 e. The molecule has 0 fully saturated rings. The summed E-state index contributed by atoms with van der Waals surface area (Å²) < 4.78 is 51.9. The molecule has 0 N–H and O–H groups in total. The Morgan fingerprint density at radius 2 is 1.48 bits per heavy atom. The zero-order valence-electron chi connectivity index (χ0n) is 11.5. The predicted molar refractivity (Wildman–Crippen MR) is 72.0 cm³/mol. The highest BCUT2D eigenvalue weighted by Crippen LogP contribution is 2.31. The minimum absolute atomic E-state index is 0.157. The average Bonchev–Trinajstić information content (AvgIpc) is 2.74. The van der Waals surface area contributed by atoms with Crippen molar-refractivity contribution >= 4 is 11.8 Å². The summed E-state index contributed by atoms with van der Waals surface area (Å²) in [5.41, 5.74) is -1.09. The number of hydrogen-bond acceptors (Lipinski definition) is 2. The molecule has 0 spiro atoms. The SMILES string of the molecule is O=C1c2ccccc2C(=O)N1Cc1cc(C(F)(F)F)ccc1F. The maximum absolute atomic E-state index is 13.8. The molecule has 2 aromatic carbocycles. The Hall–Kier alpha value is -2.70. The van der Waals surface area contributed by atoms with Crippen LogP contribution in [0.4, 0.5) is 17.6 Å². The summed E-state index contributed by atoms with van der Waals surface area (Å²) in [6, 6.07) is 7.92. The first-order valence-corrected chi connectivity index (χ1v) is 6.60. The number of rotatable bonds is 2. The molecular formula is C16H9F4NO2. The topological polar surface area (TPSA) is 37.4 Å². The van der Waals surface area contributed by atoms with E-state index in [9.17, 15) is 27.2 Å². The fourth-order valence-electron chi connectivity index (χ4n) is 2.43. The summed E-state index contributed by atoms with van der Waals surface area (Å²) in [6.07, 6.45) is -4.63. The van der Waals surface area contributed by atoms with Gasteiger partial charge in [0.25, 0.3) is 11.8 Å². The van der Waals surface area contributed by atoms with Crippen molar-refractivity contribution < 1.29 is 27.2 Å². The van der Waals surface area contributed by atoms with Crippen LogP contribution in [0.1, 0.15) is 31.8 Å². The van der Waals surface area contributed by atoms with Gasteiger partial charge in [0.05, 0.1) is 23.2 Å². The lowest BCUT2D eigenvalue weighted by molar-refractivity contribution is -0.137. The van der Waals surface area contributed by atoms with Crippen LogP contribution < -0.4 is 0 Å². The molecule has 0 saturated carbocycles. The standard InChI is InChI=1S/C16H9F4NO2/c17-13-6-5-10(16(18,19)20)7-9(13)8-21-14(22)11-3-1-2-4-12(11)15(21)23/h1-7H,8H2. The molecule has 0 unspecified atom stereocenters. The Balaban J connectivity index is 1.95. The Bertz CT molecular complexity index is 779. The molecule has 1 aliphatic heterocycles. The third kappa shape index (κ3) is 2.58. The van der Waals surface area contributed by atoms with E-state index in [1.54, 1.807) is 12.1 Å². The molecule has 0 aliphatic carbocycles. The van der Waals surface area contributed by atoms with Crippen LogP contribution in [0.25, 0.3) is 0 Å². The van der Waals surface area contributed by atoms with Gasteiger partial charge in [-0.25, -0.2) is 4.39 Å². The van der Waals surface area contributed by atoms with Gasteiger partial charge in [-0.2, -0.15) is 13.2 Å². The number of carbonyl (C=O) groups is 2. The lowest BCUT2D eigenvalue weighted by atomic mass is 10.1. The molecular weight excluding hydrogens is 314 g/mol. The normalized spacial score (nSPS) is 14.3. The van der Waals surface area contributed by atoms with Crippen molar-refractivity contribution in [2.75, 3.05) is 0 Å². The number of fused-ring (bicyclic) bond motifs is 1. The number of alkyl halides is 3. The maximum atomic E-state index is 13.8. The largest absolute Gasteiger partial charge is 0.416 e. The highest BCUT2D eigenvalue weighted by atomic mass is 19.4. The van der Waals surface area contributed by atoms with E-state index in [1.807, 2.05) is 0 Å². The first-order valence-electron chi connectivity index (χ1n) is 6.60. The van der Waals surface area contributed by atoms with Crippen molar-refractivity contribution in [3.63, 3.8) is 0 Å². The van der Waals surface area contributed by atoms with Crippen molar-refractivity contribution in [2.24, 2.45) is 0 Å². The molecule has 0 atom stereocenters. The minimum Gasteiger partial charge on any atom is -0.270 e. The van der Waals surface area contributed by atoms with Gasteiger partial charge in [0.2, 0.25) is 0 Å². The van der Waals surface area contributed by atoms with E-state index in [0.29, 0.717) is 18.2 Å². The number of hydrogen-bond donors (Lipinski definition) is 0. The molecule has 0 aromatic heterocycles. The summed E-state index contributed by atoms with van der Waals surface area (Å²) in [6.45, 7) is -0.553. The van der Waals surface area contributed by atoms with Gasteiger partial charge in [-0.3, -0.25) is 14.5 Å². The van der Waals surface area contributed by atoms with Gasteiger partial charge in [-0.15, -0.1) is 0 Å². The van der Waals surface area contributed by atoms with E-state index < -0.39 is 35.9 Å². The van der Waals surface area contributed by atoms with Crippen LogP contribution in [0.3, 0.4) is 0 Å². The highest BCUT2D eigenvalue weighted by Gasteiger charge is 2.36. The molecule has 7 heteroatoms. The van der Waals surface area contributed by atoms with Crippen LogP contribution in [0.15, 0.2) is 42.5 Å². The Morgan fingerprint density at radius 3 is 2.00 bits per heavy atom. The molecule has 1 heterocycles. The second kappa shape index (κ2) is 5.19. The lowest BCUT2D eigenvalue weighted by Gasteiger charge is -2.16. The molecule has 2 amide bonds. The van der Waals surface area contributed by atoms with E-state index >= 15 is 0 Å². The number of imide groups is 1. The van der Waals surface area contributed by atoms with Crippen LogP contribution in [0.2, 0.25) is 0 Å². The molecule has 0 radical (unpaired) electrons. The number of halogens is 4. The molecule has 1 aliphatic rings. The zero-order valence-corrected chi connectivity index (χ0v) is 11.5. The molecule has 0 saturated heterocycles. The van der Waals surface area contributed by atoms with Gasteiger partial charge in [-0.05, 0) is 30.3 Å². The highest BCUT2D eigenvalue weighted by molar-refractivity contribution is 6.21. The summed E-state index contributed by atoms with van der Waals surface area (Å²) in [7, 11) is 0. The third-order valence-corrected chi connectivity index (χ3v) is 3.58. The van der Waals surface area contributed by atoms with Crippen LogP contribution >= 0.6 is 0 Å². The fourth-order valence-corrected chi connectivity index (χ4v) is 2.43. The zero-order chi connectivity index (χ0) is 16.8. The fraction of sp³-hybridized carbons (Fsp3) is 0.125. The van der Waals surface area contributed by atoms with E-state index in [2.05, 4.69) is 0 Å². The van der Waals surface area contributed by atoms with Gasteiger partial charge in [0.15, 0.2) is 0 Å². The Morgan fingerprint density at radius 1 is 0.913 bits per heavy atom. The molecule has 23 heavy (non-hydrogen) atoms. The van der Waals surface area contributed by atoms with E-state index in [0.717, 1.165) is 4.90 Å². The molecule has 2 aromatic rings. The number of benzene rings is 2. The van der Waals surface area contributed by atoms with Gasteiger partial charge in [0, 0.05) is 5.56 Å². The molecule has 0 bridgehead atoms. The smallest absolute Gasteiger partial charge is 0.270 e. The molecule has 3 nitrogen and oxygen atoms in total. The summed E-state index contributed by atoms with van der Waals surface area (Å²) in [5.74, 6) is -2.21. The monoisotopic (exact) mass is 323 g/mol. The van der Waals surface area contributed by atoms with E-state index in [1.165, 1.54) is 12.1 Å². The van der Waals surface area contributed by atoms with Crippen LogP contribution in [0, 0.1) is 5.82 Å². The van der Waals surface area contributed by atoms with E-state index in [-0.39, 0.29) is 16.7 Å². The van der Waals surface area contributed by atoms with Gasteiger partial charge >= 0.3 is 6.18 Å². The summed E-state index contributed by atoms with van der Waals surface area (Å²) >= 11 is 0. The van der Waals surface area contributed by atoms with Crippen molar-refractivity contribution in [3.05, 3.63) is 70.5 Å². The van der Waals surface area contributed by atoms with Crippen LogP contribution in [-0.4, -0.2) is 16.7 Å². The van der Waals surface area contributed by atoms with Gasteiger partial charge < -0.3 is 0 Å². The van der Waals surface area contributed by atoms with Gasteiger partial charge in [0.1, 0.15) is 5.82 Å². The summed E-state index contributed by atoms with van der Waals surface area (Å²) in [4.78, 5) is 25.1. The Kier molecular flexibility index (Phi) is 3.43. The van der Waals surface area contributed by atoms with Crippen LogP contribution in [-0.2, 0) is 12.7 Å². The first-order chi connectivity index (χ1) is 10.8.